The molecule has 2 rings (SSSR count). The summed E-state index contributed by atoms with van der Waals surface area (Å²) in [7, 11) is 0. The first-order valence-electron chi connectivity index (χ1n) is 3.04. The molecule has 6 nitrogen and oxygen atoms in total. The van der Waals surface area contributed by atoms with Crippen LogP contribution in [0.4, 0.5) is 0 Å². The van der Waals surface area contributed by atoms with Gasteiger partial charge in [-0.3, -0.25) is 19.9 Å². The smallest absolute Gasteiger partial charge is 0.290 e. The minimum absolute atomic E-state index is 0.246. The van der Waals surface area contributed by atoms with Crippen molar-refractivity contribution in [3.63, 3.8) is 0 Å². The highest BCUT2D eigenvalue weighted by atomic mass is 79.9. The van der Waals surface area contributed by atoms with Gasteiger partial charge in [0.2, 0.25) is 0 Å². The van der Waals surface area contributed by atoms with E-state index in [0.29, 0.717) is 9.99 Å². The number of nitrogens with one attached hydrogen (secondary N) is 3. The average Bonchev–Trinajstić information content (AvgIpc) is 2.31. The lowest BCUT2D eigenvalue weighted by Crippen LogP contribution is -2.21. The van der Waals surface area contributed by atoms with E-state index < -0.39 is 11.2 Å². The van der Waals surface area contributed by atoms with Crippen molar-refractivity contribution in [2.24, 2.45) is 0 Å². The van der Waals surface area contributed by atoms with Gasteiger partial charge in [0.05, 0.1) is 0 Å². The molecular weight excluding hydrogens is 228 g/mol. The highest BCUT2D eigenvalue weighted by Gasteiger charge is 2.06. The Kier molecular flexibility index (Phi) is 1.40. The summed E-state index contributed by atoms with van der Waals surface area (Å²) >= 11 is 3.08. The Balaban J connectivity index is 3.13. The third-order valence-corrected chi connectivity index (χ3v) is 1.98. The van der Waals surface area contributed by atoms with Crippen LogP contribution >= 0.6 is 15.9 Å². The number of fused-ring (bicyclic) bond motifs is 1. The van der Waals surface area contributed by atoms with E-state index in [1.54, 1.807) is 0 Å². The maximum Gasteiger partial charge on any atom is 0.327 e. The molecule has 0 radical (unpaired) electrons. The monoisotopic (exact) mass is 230 g/mol. The van der Waals surface area contributed by atoms with Gasteiger partial charge < -0.3 is 0 Å². The Morgan fingerprint density at radius 2 is 2.00 bits per heavy atom. The van der Waals surface area contributed by atoms with E-state index in [0.717, 1.165) is 0 Å². The Morgan fingerprint density at radius 1 is 1.25 bits per heavy atom. The minimum atomic E-state index is -0.563. The van der Waals surface area contributed by atoms with Gasteiger partial charge in [0.25, 0.3) is 5.56 Å². The number of hydrogen-bond donors (Lipinski definition) is 3. The van der Waals surface area contributed by atoms with Gasteiger partial charge in [-0.15, -0.1) is 0 Å². The van der Waals surface area contributed by atoms with Crippen LogP contribution in [0.1, 0.15) is 0 Å². The summed E-state index contributed by atoms with van der Waals surface area (Å²) in [6, 6.07) is 0. The molecule has 0 aliphatic carbocycles. The van der Waals surface area contributed by atoms with Crippen LogP contribution in [-0.4, -0.2) is 20.2 Å². The van der Waals surface area contributed by atoms with E-state index in [9.17, 15) is 9.59 Å². The third-order valence-electron chi connectivity index (χ3n) is 1.41. The molecule has 0 unspecified atom stereocenters. The summed E-state index contributed by atoms with van der Waals surface area (Å²) < 4.78 is 0.454. The van der Waals surface area contributed by atoms with Crippen molar-refractivity contribution >= 4 is 27.0 Å². The summed E-state index contributed by atoms with van der Waals surface area (Å²) in [6.07, 6.45) is 0. The molecule has 0 aromatic carbocycles. The molecule has 62 valence electrons. The predicted molar refractivity (Wildman–Crippen MR) is 45.0 cm³/mol. The van der Waals surface area contributed by atoms with Crippen LogP contribution in [0.2, 0.25) is 0 Å². The summed E-state index contributed by atoms with van der Waals surface area (Å²) in [5.41, 5.74) is -0.781. The molecule has 2 aromatic rings. The van der Waals surface area contributed by atoms with Crippen LogP contribution in [0.5, 0.6) is 0 Å². The number of hydrogen-bond acceptors (Lipinski definition) is 3. The zero-order valence-electron chi connectivity index (χ0n) is 5.64. The Morgan fingerprint density at radius 3 is 2.75 bits per heavy atom. The summed E-state index contributed by atoms with van der Waals surface area (Å²) in [5.74, 6) is 0. The summed E-state index contributed by atoms with van der Waals surface area (Å²) in [4.78, 5) is 26.3. The molecule has 2 aromatic heterocycles. The molecule has 0 bridgehead atoms. The molecule has 3 N–H and O–H groups in total. The number of rotatable bonds is 0. The Hall–Kier alpha value is -1.37. The molecule has 0 saturated carbocycles. The van der Waals surface area contributed by atoms with E-state index in [1.807, 2.05) is 0 Å². The van der Waals surface area contributed by atoms with E-state index >= 15 is 0 Å². The lowest BCUT2D eigenvalue weighted by atomic mass is 10.4. The topological polar surface area (TPSA) is 94.4 Å². The highest BCUT2D eigenvalue weighted by molar-refractivity contribution is 9.10. The quantitative estimate of drug-likeness (QED) is 0.580. The lowest BCUT2D eigenvalue weighted by Gasteiger charge is -1.84. The van der Waals surface area contributed by atoms with Gasteiger partial charge in [0, 0.05) is 0 Å². The van der Waals surface area contributed by atoms with Crippen molar-refractivity contribution in [1.82, 2.24) is 20.2 Å². The van der Waals surface area contributed by atoms with Gasteiger partial charge in [0.1, 0.15) is 9.99 Å². The van der Waals surface area contributed by atoms with E-state index in [4.69, 9.17) is 0 Å². The van der Waals surface area contributed by atoms with Crippen molar-refractivity contribution in [3.05, 3.63) is 25.4 Å². The zero-order chi connectivity index (χ0) is 8.72. The van der Waals surface area contributed by atoms with Gasteiger partial charge >= 0.3 is 5.69 Å². The predicted octanol–water partition coefficient (Wildman–Crippen LogP) is -0.298. The van der Waals surface area contributed by atoms with E-state index in [-0.39, 0.29) is 5.65 Å². The second kappa shape index (κ2) is 2.31. The van der Waals surface area contributed by atoms with Crippen LogP contribution in [-0.2, 0) is 0 Å². The van der Waals surface area contributed by atoms with Crippen molar-refractivity contribution < 1.29 is 0 Å². The summed E-state index contributed by atoms with van der Waals surface area (Å²) in [5, 5.41) is 6.53. The molecular formula is C5H3BrN4O2. The first kappa shape index (κ1) is 7.29. The number of aromatic amines is 3. The Bertz CT molecular complexity index is 536. The van der Waals surface area contributed by atoms with E-state index in [1.165, 1.54) is 0 Å². The molecule has 0 amide bonds. The number of aromatic nitrogens is 4. The lowest BCUT2D eigenvalue weighted by molar-refractivity contribution is 1.04. The molecule has 0 atom stereocenters. The van der Waals surface area contributed by atoms with Crippen molar-refractivity contribution in [3.8, 4) is 0 Å². The van der Waals surface area contributed by atoms with Crippen LogP contribution in [0.3, 0.4) is 0 Å². The first-order valence-corrected chi connectivity index (χ1v) is 3.84. The van der Waals surface area contributed by atoms with Crippen LogP contribution in [0, 0.1) is 0 Å². The van der Waals surface area contributed by atoms with Crippen LogP contribution in [0.15, 0.2) is 14.2 Å². The largest absolute Gasteiger partial charge is 0.327 e. The number of H-pyrrole nitrogens is 3. The first-order chi connectivity index (χ1) is 5.68. The van der Waals surface area contributed by atoms with Gasteiger partial charge in [-0.25, -0.2) is 4.79 Å². The van der Waals surface area contributed by atoms with Crippen LogP contribution in [0.25, 0.3) is 11.0 Å². The average molecular weight is 231 g/mol. The normalized spacial score (nSPS) is 10.8. The second-order valence-corrected chi connectivity index (χ2v) is 2.96. The maximum absolute atomic E-state index is 11.1. The molecule has 12 heavy (non-hydrogen) atoms. The Labute approximate surface area is 73.1 Å². The minimum Gasteiger partial charge on any atom is -0.290 e. The van der Waals surface area contributed by atoms with Crippen molar-refractivity contribution in [2.45, 2.75) is 0 Å². The third kappa shape index (κ3) is 0.900. The number of nitrogens with zero attached hydrogens (tertiary/aromatic N) is 1. The molecule has 0 spiro atoms. The second-order valence-electron chi connectivity index (χ2n) is 2.17. The fourth-order valence-electron chi connectivity index (χ4n) is 0.923. The number of halogens is 1. The van der Waals surface area contributed by atoms with Gasteiger partial charge in [-0.2, -0.15) is 5.10 Å². The molecule has 0 fully saturated rings. The zero-order valence-corrected chi connectivity index (χ0v) is 7.23. The highest BCUT2D eigenvalue weighted by Crippen LogP contribution is 2.12. The fraction of sp³-hybridized carbons (Fsp3) is 0. The van der Waals surface area contributed by atoms with Crippen molar-refractivity contribution in [2.75, 3.05) is 0 Å². The van der Waals surface area contributed by atoms with Gasteiger partial charge in [-0.05, 0) is 15.9 Å². The van der Waals surface area contributed by atoms with Gasteiger partial charge in [-0.1, -0.05) is 0 Å². The standard InChI is InChI=1S/C5H3BrN4O2/c6-2-1-3(10-9-2)7-5(12)8-4(1)11/h(H3,7,8,9,10,11,12). The fourth-order valence-corrected chi connectivity index (χ4v) is 1.38. The maximum atomic E-state index is 11.1. The SMILES string of the molecule is O=c1[nH]c(=O)c2c(Br)[nH]nc2[nH]1. The molecule has 0 aliphatic rings. The van der Waals surface area contributed by atoms with Crippen molar-refractivity contribution in [1.29, 1.82) is 0 Å². The van der Waals surface area contributed by atoms with E-state index in [2.05, 4.69) is 36.1 Å². The van der Waals surface area contributed by atoms with Crippen LogP contribution < -0.4 is 11.2 Å². The summed E-state index contributed by atoms with van der Waals surface area (Å²) in [6.45, 7) is 0. The molecule has 7 heteroatoms. The van der Waals surface area contributed by atoms with Gasteiger partial charge in [0.15, 0.2) is 5.65 Å². The molecule has 0 saturated heterocycles. The molecule has 0 aliphatic heterocycles. The molecule has 2 heterocycles.